The first-order chi connectivity index (χ1) is 32.6. The smallest absolute Gasteiger partial charge is 0.396 e. The van der Waals surface area contributed by atoms with Crippen molar-refractivity contribution >= 4 is 151 Å². The lowest BCUT2D eigenvalue weighted by Gasteiger charge is -2.60. The molecule has 0 aromatic heterocycles. The largest absolute Gasteiger partial charge is 0.654 e. The zero-order valence-electron chi connectivity index (χ0n) is 47.0. The van der Waals surface area contributed by atoms with Gasteiger partial charge in [-0.2, -0.15) is 0 Å². The molecule has 424 valence electrons. The minimum atomic E-state index is -5.57. The number of esters is 2. The Morgan fingerprint density at radius 1 is 0.384 bits per heavy atom. The number of carbonyl (C=O) groups excluding carboxylic acids is 2. The SMILES string of the molecule is CCO[Si](CCCC1CC(=O)OC1=O)(OCC)O[Si]12O[Si]3(O[Si](C)(C)C)O[Si]4(O[Si](C)(C)C)O[Si]5(O[Si](C)(C)C)O[Si](O[Si](C)(C)C)(O3)O[Si](O[Si](C)(C)C)(O[Si](O[Si](C)(C)C)(O5)O[Si](O[Si](C)(C)C)(O4)O1)O2. The van der Waals surface area contributed by atoms with Crippen LogP contribution in [0.15, 0.2) is 0 Å². The molecule has 0 spiro atoms. The van der Waals surface area contributed by atoms with Gasteiger partial charge in [0.05, 0.1) is 12.3 Å². The topological polar surface area (TPSA) is 246 Å². The van der Waals surface area contributed by atoms with Crippen LogP contribution in [0.2, 0.25) is 144 Å². The lowest BCUT2D eigenvalue weighted by atomic mass is 10.0. The molecule has 7 saturated heterocycles. The van der Waals surface area contributed by atoms with Crippen LogP contribution in [-0.2, 0) is 105 Å². The van der Waals surface area contributed by atoms with Gasteiger partial charge in [-0.1, -0.05) is 0 Å². The highest BCUT2D eigenvalue weighted by atomic mass is 28.7. The van der Waals surface area contributed by atoms with Crippen molar-refractivity contribution in [3.8, 4) is 0 Å². The van der Waals surface area contributed by atoms with Gasteiger partial charge in [-0.15, -0.1) is 0 Å². The maximum absolute atomic E-state index is 12.8. The van der Waals surface area contributed by atoms with E-state index in [1.165, 1.54) is 0 Å². The van der Waals surface area contributed by atoms with Gasteiger partial charge in [0.2, 0.25) is 0 Å². The molecule has 8 bridgehead atoms. The highest BCUT2D eigenvalue weighted by molar-refractivity contribution is 7.04. The van der Waals surface area contributed by atoms with Crippen molar-refractivity contribution in [3.05, 3.63) is 0 Å². The van der Waals surface area contributed by atoms with Crippen molar-refractivity contribution in [3.63, 3.8) is 0 Å². The van der Waals surface area contributed by atoms with Gasteiger partial charge in [-0.3, -0.25) is 9.59 Å². The van der Waals surface area contributed by atoms with Crippen molar-refractivity contribution in [1.82, 2.24) is 0 Å². The second-order valence-corrected chi connectivity index (χ2v) is 81.3. The Kier molecular flexibility index (Phi) is 18.5. The molecular formula is C32H82O25Si16. The molecule has 41 heteroatoms. The van der Waals surface area contributed by atoms with E-state index >= 15 is 0 Å². The van der Waals surface area contributed by atoms with Crippen LogP contribution in [0.5, 0.6) is 0 Å². The van der Waals surface area contributed by atoms with Crippen LogP contribution >= 0.6 is 0 Å². The Bertz CT molecular complexity index is 1830. The maximum Gasteiger partial charge on any atom is 0.654 e. The third kappa shape index (κ3) is 17.1. The average Bonchev–Trinajstić information content (AvgIpc) is 3.34. The molecule has 0 radical (unpaired) electrons. The van der Waals surface area contributed by atoms with Gasteiger partial charge in [0.1, 0.15) is 0 Å². The monoisotopic (exact) mass is 1310 g/mol. The lowest BCUT2D eigenvalue weighted by molar-refractivity contribution is -0.153. The fourth-order valence-electron chi connectivity index (χ4n) is 7.69. The molecule has 7 rings (SSSR count). The van der Waals surface area contributed by atoms with E-state index in [-0.39, 0.29) is 38.5 Å². The van der Waals surface area contributed by atoms with Crippen LogP contribution in [-0.4, -0.2) is 165 Å². The number of hydrogen-bond donors (Lipinski definition) is 0. The van der Waals surface area contributed by atoms with Gasteiger partial charge >= 0.3 is 93.1 Å². The van der Waals surface area contributed by atoms with Crippen molar-refractivity contribution in [2.24, 2.45) is 5.92 Å². The first kappa shape index (κ1) is 63.9. The molecule has 73 heavy (non-hydrogen) atoms. The summed E-state index contributed by atoms with van der Waals surface area (Å²) in [4.78, 5) is 25.0. The van der Waals surface area contributed by atoms with Crippen molar-refractivity contribution in [2.75, 3.05) is 13.2 Å². The quantitative estimate of drug-likeness (QED) is 0.0561. The van der Waals surface area contributed by atoms with Crippen molar-refractivity contribution in [2.45, 2.75) is 177 Å². The van der Waals surface area contributed by atoms with E-state index in [9.17, 15) is 9.59 Å². The zero-order chi connectivity index (χ0) is 55.2. The summed E-state index contributed by atoms with van der Waals surface area (Å²) in [5.74, 6) is -1.91. The van der Waals surface area contributed by atoms with Crippen LogP contribution in [0.4, 0.5) is 0 Å². The van der Waals surface area contributed by atoms with E-state index in [0.29, 0.717) is 0 Å². The van der Waals surface area contributed by atoms with E-state index < -0.39 is 157 Å². The summed E-state index contributed by atoms with van der Waals surface area (Å²) in [5, 5.41) is 0. The van der Waals surface area contributed by atoms with Crippen LogP contribution in [0.3, 0.4) is 0 Å². The van der Waals surface area contributed by atoms with Crippen molar-refractivity contribution in [1.29, 1.82) is 0 Å². The summed E-state index contributed by atoms with van der Waals surface area (Å²) in [6.07, 6.45) is 0.392. The molecule has 0 aliphatic carbocycles. The Morgan fingerprint density at radius 3 is 0.781 bits per heavy atom. The molecule has 7 aliphatic heterocycles. The third-order valence-electron chi connectivity index (χ3n) is 9.02. The average molecular weight is 1320 g/mol. The predicted octanol–water partition coefficient (Wildman–Crippen LogP) is 6.60. The van der Waals surface area contributed by atoms with E-state index in [4.69, 9.17) is 95.9 Å². The van der Waals surface area contributed by atoms with E-state index in [1.807, 2.05) is 137 Å². The minimum absolute atomic E-state index is 0.0304. The van der Waals surface area contributed by atoms with Crippen molar-refractivity contribution < 1.29 is 105 Å². The lowest BCUT2D eigenvalue weighted by Crippen LogP contribution is -2.93. The molecule has 25 nitrogen and oxygen atoms in total. The summed E-state index contributed by atoms with van der Waals surface area (Å²) >= 11 is 0. The number of carbonyl (C=O) groups is 2. The molecule has 0 N–H and O–H groups in total. The summed E-state index contributed by atoms with van der Waals surface area (Å²) < 4.78 is 166. The molecule has 1 atom stereocenters. The Morgan fingerprint density at radius 2 is 0.603 bits per heavy atom. The molecule has 1 unspecified atom stereocenters. The molecule has 7 heterocycles. The minimum Gasteiger partial charge on any atom is -0.396 e. The molecule has 7 fully saturated rings. The predicted molar refractivity (Wildman–Crippen MR) is 293 cm³/mol. The third-order valence-corrected chi connectivity index (χ3v) is 61.8. The number of hydrogen-bond acceptors (Lipinski definition) is 25. The van der Waals surface area contributed by atoms with Gasteiger partial charge < -0.3 is 95.9 Å². The Labute approximate surface area is 449 Å². The van der Waals surface area contributed by atoms with Crippen LogP contribution < -0.4 is 0 Å². The summed E-state index contributed by atoms with van der Waals surface area (Å²) in [7, 11) is -67.6. The number of rotatable bonds is 24. The van der Waals surface area contributed by atoms with E-state index in [0.717, 1.165) is 0 Å². The van der Waals surface area contributed by atoms with Gasteiger partial charge in [0, 0.05) is 19.3 Å². The second kappa shape index (κ2) is 21.2. The van der Waals surface area contributed by atoms with Crippen LogP contribution in [0.25, 0.3) is 0 Å². The second-order valence-electron chi connectivity index (χ2n) is 25.0. The fraction of sp³-hybridized carbons (Fsp3) is 0.938. The number of ether oxygens (including phenoxy) is 1. The summed E-state index contributed by atoms with van der Waals surface area (Å²) in [6, 6.07) is 0.0304. The molecular weight excluding hydrogens is 1230 g/mol. The zero-order valence-corrected chi connectivity index (χ0v) is 63.0. The first-order valence-corrected chi connectivity index (χ1v) is 63.5. The molecule has 0 amide bonds. The van der Waals surface area contributed by atoms with Crippen LogP contribution in [0, 0.1) is 5.92 Å². The molecule has 0 aromatic rings. The standard InChI is InChI=1S/C32H82O25Si16/c1-24-35-65(36-25-2,28-26-27-30-29-31(33)37-32(30)34)45-73-55-70(42-62(15,16)17)49-67(39-59(6,7)8)46-66(38-58(3,4)5)47-68(51-70,40-60(9,10)11)53-72(57-73,44-64(21,22)23)54-69(48-66,41-61(12,13)14)52-71(50-67,56-73)43-63(18,19)20/h30H,24-29H2,1-23H3. The van der Waals surface area contributed by atoms with Gasteiger partial charge in [-0.25, -0.2) is 0 Å². The molecule has 0 aromatic carbocycles. The maximum atomic E-state index is 12.8. The Balaban J connectivity index is 1.81. The van der Waals surface area contributed by atoms with Gasteiger partial charge in [0.25, 0.3) is 0 Å². The summed E-state index contributed by atoms with van der Waals surface area (Å²) in [5.41, 5.74) is 0. The highest BCUT2D eigenvalue weighted by Gasteiger charge is 2.92. The van der Waals surface area contributed by atoms with E-state index in [1.54, 1.807) is 13.8 Å². The number of cyclic esters (lactones) is 2. The normalized spacial score (nSPS) is 36.7. The first-order valence-electron chi connectivity index (χ1n) is 24.7. The molecule has 7 aliphatic rings. The molecule has 0 saturated carbocycles. The Hall–Kier alpha value is 1.73. The van der Waals surface area contributed by atoms with Gasteiger partial charge in [-0.05, 0) is 164 Å². The van der Waals surface area contributed by atoms with E-state index in [2.05, 4.69) is 0 Å². The summed E-state index contributed by atoms with van der Waals surface area (Å²) in [6.45, 7) is 43.7. The van der Waals surface area contributed by atoms with Crippen LogP contribution in [0.1, 0.15) is 33.1 Å². The highest BCUT2D eigenvalue weighted by Crippen LogP contribution is 2.53. The fourth-order valence-corrected chi connectivity index (χ4v) is 73.7. The van der Waals surface area contributed by atoms with Gasteiger partial charge in [0.15, 0.2) is 58.2 Å².